The summed E-state index contributed by atoms with van der Waals surface area (Å²) in [4.78, 5) is 1.75. The van der Waals surface area contributed by atoms with Crippen molar-refractivity contribution < 1.29 is 4.90 Å². The van der Waals surface area contributed by atoms with Crippen molar-refractivity contribution in [2.24, 2.45) is 0 Å². The monoisotopic (exact) mass is 381 g/mol. The molecule has 0 amide bonds. The fraction of sp³-hybridized carbons (Fsp3) is 0.333. The molecule has 2 aromatic carbocycles. The quantitative estimate of drug-likeness (QED) is 0.689. The zero-order valence-electron chi connectivity index (χ0n) is 13.8. The van der Waals surface area contributed by atoms with Crippen LogP contribution >= 0.6 is 15.9 Å². The van der Waals surface area contributed by atoms with Gasteiger partial charge in [0.2, 0.25) is 0 Å². The van der Waals surface area contributed by atoms with E-state index >= 15 is 0 Å². The molecule has 0 fully saturated rings. The summed E-state index contributed by atoms with van der Waals surface area (Å²) in [6, 6.07) is 18.5. The summed E-state index contributed by atoms with van der Waals surface area (Å²) >= 11 is 3.66. The second kappa shape index (κ2) is 5.75. The largest absolute Gasteiger partial charge is 0.334 e. The predicted octanol–water partition coefficient (Wildman–Crippen LogP) is 3.88. The van der Waals surface area contributed by atoms with Gasteiger partial charge >= 0.3 is 0 Å². The van der Waals surface area contributed by atoms with Gasteiger partial charge in [-0.3, -0.25) is 0 Å². The van der Waals surface area contributed by atoms with Gasteiger partial charge in [0.25, 0.3) is 0 Å². The molecule has 2 aliphatic rings. The third-order valence-corrected chi connectivity index (χ3v) is 6.34. The van der Waals surface area contributed by atoms with Crippen LogP contribution < -0.4 is 4.90 Å². The van der Waals surface area contributed by atoms with Crippen molar-refractivity contribution in [1.82, 2.24) is 4.57 Å². The van der Waals surface area contributed by atoms with Crippen molar-refractivity contribution >= 4 is 26.8 Å². The van der Waals surface area contributed by atoms with Gasteiger partial charge in [-0.1, -0.05) is 46.3 Å². The molecule has 1 N–H and O–H groups in total. The lowest BCUT2D eigenvalue weighted by atomic mass is 9.89. The van der Waals surface area contributed by atoms with E-state index in [4.69, 9.17) is 0 Å². The lowest BCUT2D eigenvalue weighted by Gasteiger charge is -2.37. The zero-order chi connectivity index (χ0) is 16.1. The van der Waals surface area contributed by atoms with E-state index in [9.17, 15) is 0 Å². The summed E-state index contributed by atoms with van der Waals surface area (Å²) in [6.07, 6.45) is 3.89. The molecular formula is C21H22BrN2+. The summed E-state index contributed by atoms with van der Waals surface area (Å²) in [6.45, 7) is 3.52. The fourth-order valence-corrected chi connectivity index (χ4v) is 5.20. The number of nitrogens with zero attached hydrogens (tertiary/aromatic N) is 1. The minimum absolute atomic E-state index is 0.661. The molecule has 1 unspecified atom stereocenters. The van der Waals surface area contributed by atoms with Crippen molar-refractivity contribution in [2.75, 3.05) is 6.54 Å². The van der Waals surface area contributed by atoms with E-state index in [2.05, 4.69) is 69.0 Å². The topological polar surface area (TPSA) is 9.37 Å². The number of halogens is 1. The van der Waals surface area contributed by atoms with E-state index in [-0.39, 0.29) is 0 Å². The summed E-state index contributed by atoms with van der Waals surface area (Å²) in [5.41, 5.74) is 6.15. The molecule has 0 radical (unpaired) electrons. The van der Waals surface area contributed by atoms with Crippen LogP contribution in [0, 0.1) is 0 Å². The van der Waals surface area contributed by atoms with E-state index in [1.54, 1.807) is 16.2 Å². The van der Waals surface area contributed by atoms with E-state index in [0.717, 1.165) is 13.1 Å². The number of hydrogen-bond donors (Lipinski definition) is 1. The van der Waals surface area contributed by atoms with Crippen molar-refractivity contribution in [3.8, 4) is 0 Å². The Balaban J connectivity index is 1.60. The van der Waals surface area contributed by atoms with Gasteiger partial charge in [0.1, 0.15) is 12.6 Å². The minimum atomic E-state index is 0.661. The molecule has 1 aromatic heterocycles. The van der Waals surface area contributed by atoms with Gasteiger partial charge in [0.15, 0.2) is 0 Å². The third-order valence-electron chi connectivity index (χ3n) is 5.85. The smallest absolute Gasteiger partial charge is 0.129 e. The number of benzene rings is 2. The first-order chi connectivity index (χ1) is 11.8. The zero-order valence-corrected chi connectivity index (χ0v) is 15.3. The van der Waals surface area contributed by atoms with Gasteiger partial charge in [0, 0.05) is 27.4 Å². The molecule has 3 heteroatoms. The number of fused-ring (bicyclic) bond motifs is 3. The van der Waals surface area contributed by atoms with Gasteiger partial charge in [-0.15, -0.1) is 0 Å². The number of aryl methyl sites for hydroxylation is 1. The van der Waals surface area contributed by atoms with E-state index in [0.29, 0.717) is 6.04 Å². The van der Waals surface area contributed by atoms with Crippen LogP contribution in [-0.2, 0) is 19.5 Å². The normalized spacial score (nSPS) is 22.5. The van der Waals surface area contributed by atoms with Crippen LogP contribution in [0.2, 0.25) is 0 Å². The molecule has 2 nitrogen and oxygen atoms in total. The Morgan fingerprint density at radius 3 is 2.88 bits per heavy atom. The summed E-state index contributed by atoms with van der Waals surface area (Å²) in [5.74, 6) is 0. The highest BCUT2D eigenvalue weighted by Crippen LogP contribution is 2.38. The number of quaternary nitrogens is 1. The van der Waals surface area contributed by atoms with Crippen molar-refractivity contribution in [1.29, 1.82) is 0 Å². The Morgan fingerprint density at radius 2 is 2.00 bits per heavy atom. The summed E-state index contributed by atoms with van der Waals surface area (Å²) in [7, 11) is 0. The Kier molecular flexibility index (Phi) is 3.53. The second-order valence-corrected chi connectivity index (χ2v) is 8.11. The van der Waals surface area contributed by atoms with Gasteiger partial charge in [-0.2, -0.15) is 0 Å². The summed E-state index contributed by atoms with van der Waals surface area (Å²) < 4.78 is 3.82. The second-order valence-electron chi connectivity index (χ2n) is 7.19. The first kappa shape index (κ1) is 14.7. The maximum Gasteiger partial charge on any atom is 0.129 e. The van der Waals surface area contributed by atoms with E-state index in [1.165, 1.54) is 46.7 Å². The van der Waals surface area contributed by atoms with Gasteiger partial charge in [0.05, 0.1) is 18.8 Å². The molecule has 1 aliphatic heterocycles. The summed E-state index contributed by atoms with van der Waals surface area (Å²) in [5, 5.41) is 1.48. The molecule has 3 aromatic rings. The molecule has 1 aliphatic carbocycles. The molecule has 0 saturated heterocycles. The average Bonchev–Trinajstić information content (AvgIpc) is 2.93. The fourth-order valence-electron chi connectivity index (χ4n) is 4.83. The van der Waals surface area contributed by atoms with Crippen LogP contribution in [0.25, 0.3) is 10.9 Å². The molecule has 2 atom stereocenters. The highest BCUT2D eigenvalue weighted by Gasteiger charge is 2.37. The Morgan fingerprint density at radius 1 is 1.12 bits per heavy atom. The highest BCUT2D eigenvalue weighted by atomic mass is 79.9. The standard InChI is InChI=1S/C21H21BrN2/c22-16-9-10-19-18(13-16)17-7-4-8-20-21(17)24(19)12-11-23(20)14-15-5-2-1-3-6-15/h1-3,5-6,9-10,13,20H,4,7-8,11-12,14H2/p+1/t20-/m0/s1. The Hall–Kier alpha value is -1.58. The molecule has 0 saturated carbocycles. The van der Waals surface area contributed by atoms with Gasteiger partial charge in [-0.25, -0.2) is 0 Å². The van der Waals surface area contributed by atoms with Crippen molar-refractivity contribution in [3.63, 3.8) is 0 Å². The molecule has 24 heavy (non-hydrogen) atoms. The van der Waals surface area contributed by atoms with Crippen LogP contribution in [0.5, 0.6) is 0 Å². The van der Waals surface area contributed by atoms with Crippen LogP contribution in [0.3, 0.4) is 0 Å². The maximum absolute atomic E-state index is 3.66. The third kappa shape index (κ3) is 2.26. The first-order valence-corrected chi connectivity index (χ1v) is 9.79. The molecule has 0 spiro atoms. The molecule has 122 valence electrons. The predicted molar refractivity (Wildman–Crippen MR) is 101 cm³/mol. The molecule has 2 heterocycles. The van der Waals surface area contributed by atoms with Crippen molar-refractivity contribution in [3.05, 3.63) is 69.8 Å². The van der Waals surface area contributed by atoms with Crippen molar-refractivity contribution in [2.45, 2.75) is 38.4 Å². The van der Waals surface area contributed by atoms with Crippen LogP contribution in [0.15, 0.2) is 53.0 Å². The van der Waals surface area contributed by atoms with Crippen LogP contribution in [-0.4, -0.2) is 11.1 Å². The number of hydrogen-bond acceptors (Lipinski definition) is 0. The Bertz CT molecular complexity index is 897. The molecular weight excluding hydrogens is 360 g/mol. The lowest BCUT2D eigenvalue weighted by molar-refractivity contribution is -0.950. The van der Waals surface area contributed by atoms with Gasteiger partial charge < -0.3 is 9.47 Å². The van der Waals surface area contributed by atoms with Gasteiger partial charge in [-0.05, 0) is 36.6 Å². The average molecular weight is 382 g/mol. The Labute approximate surface area is 151 Å². The number of nitrogens with one attached hydrogen (secondary N) is 1. The lowest BCUT2D eigenvalue weighted by Crippen LogP contribution is -3.12. The number of aromatic nitrogens is 1. The first-order valence-electron chi connectivity index (χ1n) is 9.00. The number of rotatable bonds is 2. The molecule has 0 bridgehead atoms. The SMILES string of the molecule is Brc1ccc2c(c1)c1c3n2CC[NH+](Cc2ccccc2)[C@H]3CCC1. The van der Waals surface area contributed by atoms with Crippen LogP contribution in [0.1, 0.15) is 35.7 Å². The minimum Gasteiger partial charge on any atom is -0.334 e. The maximum atomic E-state index is 3.66. The van der Waals surface area contributed by atoms with E-state index < -0.39 is 0 Å². The molecule has 5 rings (SSSR count). The van der Waals surface area contributed by atoms with Crippen LogP contribution in [0.4, 0.5) is 0 Å². The van der Waals surface area contributed by atoms with E-state index in [1.807, 2.05) is 0 Å². The highest BCUT2D eigenvalue weighted by molar-refractivity contribution is 9.10.